The van der Waals surface area contributed by atoms with Gasteiger partial charge in [0.2, 0.25) is 0 Å². The first-order chi connectivity index (χ1) is 14.8. The fraction of sp³-hybridized carbons (Fsp3) is 0.481. The molecule has 0 unspecified atom stereocenters. The van der Waals surface area contributed by atoms with Crippen molar-refractivity contribution >= 4 is 0 Å². The van der Waals surface area contributed by atoms with Crippen molar-refractivity contribution in [1.29, 1.82) is 0 Å². The average molecular weight is 425 g/mol. The Bertz CT molecular complexity index is 787. The van der Waals surface area contributed by atoms with E-state index < -0.39 is 5.60 Å². The number of rotatable bonds is 11. The van der Waals surface area contributed by atoms with E-state index >= 15 is 0 Å². The molecule has 2 aliphatic heterocycles. The van der Waals surface area contributed by atoms with Gasteiger partial charge in [0.25, 0.3) is 0 Å². The van der Waals surface area contributed by atoms with E-state index in [4.69, 9.17) is 4.74 Å². The number of methoxy groups -OCH3 is 1. The average Bonchev–Trinajstić information content (AvgIpc) is 3.10. The van der Waals surface area contributed by atoms with Crippen molar-refractivity contribution in [2.75, 3.05) is 33.4 Å². The number of piperidine rings is 1. The summed E-state index contributed by atoms with van der Waals surface area (Å²) in [6.07, 6.45) is 15.3. The molecule has 1 saturated heterocycles. The largest absolute Gasteiger partial charge is 0.389 e. The molecule has 0 spiro atoms. The molecule has 0 radical (unpaired) electrons. The second-order valence-electron chi connectivity index (χ2n) is 8.72. The van der Waals surface area contributed by atoms with Crippen molar-refractivity contribution in [2.45, 2.75) is 45.1 Å². The summed E-state index contributed by atoms with van der Waals surface area (Å²) in [6, 6.07) is 0. The van der Waals surface area contributed by atoms with Crippen LogP contribution in [0.4, 0.5) is 0 Å². The van der Waals surface area contributed by atoms with E-state index in [0.29, 0.717) is 6.61 Å². The van der Waals surface area contributed by atoms with Gasteiger partial charge in [-0.05, 0) is 54.9 Å². The monoisotopic (exact) mass is 424 g/mol. The molecule has 0 amide bonds. The topological polar surface area (TPSA) is 44.7 Å². The van der Waals surface area contributed by atoms with Gasteiger partial charge in [0.05, 0.1) is 12.2 Å². The highest BCUT2D eigenvalue weighted by Crippen LogP contribution is 2.32. The number of allylic oxidation sites excluding steroid dienone is 7. The highest BCUT2D eigenvalue weighted by Gasteiger charge is 2.36. The Morgan fingerprint density at radius 2 is 2.13 bits per heavy atom. The van der Waals surface area contributed by atoms with Crippen LogP contribution in [0, 0.1) is 5.92 Å². The van der Waals surface area contributed by atoms with Crippen LogP contribution in [-0.4, -0.2) is 49.0 Å². The third-order valence-electron chi connectivity index (χ3n) is 6.26. The Morgan fingerprint density at radius 1 is 1.35 bits per heavy atom. The molecular formula is C27H40N2O2. The number of hydrogen-bond donors (Lipinski definition) is 2. The smallest absolute Gasteiger partial charge is 0.0777 e. The van der Waals surface area contributed by atoms with Gasteiger partial charge in [-0.15, -0.1) is 0 Å². The van der Waals surface area contributed by atoms with Crippen LogP contribution < -0.4 is 5.32 Å². The number of β-amino-alcohol motifs (C(OH)–C–C–N with tert-alkyl or cyclic N) is 1. The fourth-order valence-electron chi connectivity index (χ4n) is 4.44. The minimum absolute atomic E-state index is 0.261. The molecule has 31 heavy (non-hydrogen) atoms. The SMILES string of the molecule is C=C/C=C\C=C1/CC(CCN2C[C@H](/C=C(\COC)C(=C)C=C)C[C@@](O)(CC)C2)=C(C)N1. The Morgan fingerprint density at radius 3 is 2.77 bits per heavy atom. The van der Waals surface area contributed by atoms with Gasteiger partial charge >= 0.3 is 0 Å². The molecule has 0 aromatic rings. The van der Waals surface area contributed by atoms with E-state index in [2.05, 4.69) is 56.0 Å². The molecule has 4 heteroatoms. The molecular weight excluding hydrogens is 384 g/mol. The van der Waals surface area contributed by atoms with E-state index in [1.54, 1.807) is 19.3 Å². The van der Waals surface area contributed by atoms with Crippen LogP contribution in [0.3, 0.4) is 0 Å². The summed E-state index contributed by atoms with van der Waals surface area (Å²) in [5.74, 6) is 0.261. The minimum atomic E-state index is -0.662. The Balaban J connectivity index is 2.07. The van der Waals surface area contributed by atoms with Gasteiger partial charge in [0.15, 0.2) is 0 Å². The van der Waals surface area contributed by atoms with Gasteiger partial charge < -0.3 is 15.2 Å². The third kappa shape index (κ3) is 7.49. The molecule has 4 nitrogen and oxygen atoms in total. The van der Waals surface area contributed by atoms with Crippen LogP contribution in [0.2, 0.25) is 0 Å². The first-order valence-corrected chi connectivity index (χ1v) is 11.2. The molecule has 0 bridgehead atoms. The predicted molar refractivity (Wildman–Crippen MR) is 132 cm³/mol. The summed E-state index contributed by atoms with van der Waals surface area (Å²) in [5.41, 5.74) is 5.20. The molecule has 2 heterocycles. The number of nitrogens with zero attached hydrogens (tertiary/aromatic N) is 1. The van der Waals surface area contributed by atoms with Crippen molar-refractivity contribution in [1.82, 2.24) is 10.2 Å². The first kappa shape index (κ1) is 25.1. The number of aliphatic hydroxyl groups is 1. The van der Waals surface area contributed by atoms with Crippen molar-refractivity contribution in [3.05, 3.63) is 84.3 Å². The first-order valence-electron chi connectivity index (χ1n) is 11.2. The van der Waals surface area contributed by atoms with Gasteiger partial charge in [-0.3, -0.25) is 4.90 Å². The fourth-order valence-corrected chi connectivity index (χ4v) is 4.44. The minimum Gasteiger partial charge on any atom is -0.389 e. The summed E-state index contributed by atoms with van der Waals surface area (Å²) in [5, 5.41) is 14.7. The van der Waals surface area contributed by atoms with Crippen LogP contribution in [0.15, 0.2) is 84.3 Å². The second kappa shape index (κ2) is 12.0. The van der Waals surface area contributed by atoms with Crippen molar-refractivity contribution < 1.29 is 9.84 Å². The lowest BCUT2D eigenvalue weighted by molar-refractivity contribution is -0.0469. The van der Waals surface area contributed by atoms with Crippen molar-refractivity contribution in [3.8, 4) is 0 Å². The molecule has 0 aromatic heterocycles. The molecule has 0 aromatic carbocycles. The Hall–Kier alpha value is -2.14. The molecule has 2 aliphatic rings. The van der Waals surface area contributed by atoms with Crippen LogP contribution >= 0.6 is 0 Å². The quantitative estimate of drug-likeness (QED) is 0.456. The predicted octanol–water partition coefficient (Wildman–Crippen LogP) is 5.05. The Labute approximate surface area is 189 Å². The summed E-state index contributed by atoms with van der Waals surface area (Å²) in [6.45, 7) is 19.0. The maximum Gasteiger partial charge on any atom is 0.0777 e. The van der Waals surface area contributed by atoms with Crippen molar-refractivity contribution in [2.24, 2.45) is 5.92 Å². The lowest BCUT2D eigenvalue weighted by Gasteiger charge is -2.42. The zero-order valence-electron chi connectivity index (χ0n) is 19.6. The van der Waals surface area contributed by atoms with Gasteiger partial charge in [0, 0.05) is 44.6 Å². The lowest BCUT2D eigenvalue weighted by atomic mass is 9.82. The summed E-state index contributed by atoms with van der Waals surface area (Å²) >= 11 is 0. The molecule has 1 fully saturated rings. The Kier molecular flexibility index (Phi) is 9.76. The number of hydrogen-bond acceptors (Lipinski definition) is 4. The summed E-state index contributed by atoms with van der Waals surface area (Å²) in [4.78, 5) is 2.41. The summed E-state index contributed by atoms with van der Waals surface area (Å²) in [7, 11) is 1.70. The van der Waals surface area contributed by atoms with E-state index in [1.165, 1.54) is 17.0 Å². The normalized spacial score (nSPS) is 26.5. The number of ether oxygens (including phenoxy) is 1. The van der Waals surface area contributed by atoms with E-state index in [-0.39, 0.29) is 5.92 Å². The third-order valence-corrected chi connectivity index (χ3v) is 6.26. The molecule has 2 rings (SSSR count). The van der Waals surface area contributed by atoms with E-state index in [9.17, 15) is 5.11 Å². The molecule has 170 valence electrons. The maximum atomic E-state index is 11.2. The summed E-state index contributed by atoms with van der Waals surface area (Å²) < 4.78 is 5.36. The zero-order chi connectivity index (χ0) is 22.9. The van der Waals surface area contributed by atoms with Crippen molar-refractivity contribution in [3.63, 3.8) is 0 Å². The van der Waals surface area contributed by atoms with Gasteiger partial charge in [0.1, 0.15) is 0 Å². The van der Waals surface area contributed by atoms with Crippen LogP contribution in [0.1, 0.15) is 39.5 Å². The van der Waals surface area contributed by atoms with Crippen LogP contribution in [0.5, 0.6) is 0 Å². The highest BCUT2D eigenvalue weighted by molar-refractivity contribution is 5.37. The maximum absolute atomic E-state index is 11.2. The molecule has 0 saturated carbocycles. The highest BCUT2D eigenvalue weighted by atomic mass is 16.5. The molecule has 0 aliphatic carbocycles. The molecule has 2 atom stereocenters. The second-order valence-corrected chi connectivity index (χ2v) is 8.72. The standard InChI is InChI=1S/C27H40N2O2/c1-7-10-11-12-26-16-24(22(5)28-26)13-14-29-18-23(17-27(30,9-3)20-29)15-25(19-31-6)21(4)8-2/h7-8,10-12,15,23,28,30H,1-2,4,9,13-14,16-20H2,3,5-6H3/b11-10-,25-15+,26-12+/t23-,27+/m1/s1. The van der Waals surface area contributed by atoms with Crippen LogP contribution in [-0.2, 0) is 4.74 Å². The van der Waals surface area contributed by atoms with Gasteiger partial charge in [-0.1, -0.05) is 57.0 Å². The van der Waals surface area contributed by atoms with E-state index in [0.717, 1.165) is 56.5 Å². The van der Waals surface area contributed by atoms with Gasteiger partial charge in [-0.2, -0.15) is 0 Å². The zero-order valence-corrected chi connectivity index (χ0v) is 19.6. The number of likely N-dealkylation sites (tertiary alicyclic amines) is 1. The molecule has 2 N–H and O–H groups in total. The number of nitrogens with one attached hydrogen (secondary N) is 1. The van der Waals surface area contributed by atoms with Crippen LogP contribution in [0.25, 0.3) is 0 Å². The van der Waals surface area contributed by atoms with Gasteiger partial charge in [-0.25, -0.2) is 0 Å². The van der Waals surface area contributed by atoms with E-state index in [1.807, 2.05) is 12.2 Å². The lowest BCUT2D eigenvalue weighted by Crippen LogP contribution is -2.51.